The highest BCUT2D eigenvalue weighted by Crippen LogP contribution is 2.28. The lowest BCUT2D eigenvalue weighted by Crippen LogP contribution is -2.21. The number of carbonyl (C=O) groups is 1. The summed E-state index contributed by atoms with van der Waals surface area (Å²) < 4.78 is 69.8. The molecule has 0 atom stereocenters. The zero-order valence-electron chi connectivity index (χ0n) is 9.55. The Bertz CT molecular complexity index is 475. The molecule has 1 heterocycles. The van der Waals surface area contributed by atoms with Crippen molar-refractivity contribution in [3.05, 3.63) is 23.3 Å². The van der Waals surface area contributed by atoms with Gasteiger partial charge >= 0.3 is 12.3 Å². The molecule has 0 saturated heterocycles. The van der Waals surface area contributed by atoms with E-state index in [0.717, 1.165) is 0 Å². The Morgan fingerprint density at radius 1 is 1.42 bits per heavy atom. The van der Waals surface area contributed by atoms with Crippen LogP contribution in [0.1, 0.15) is 23.0 Å². The summed E-state index contributed by atoms with van der Waals surface area (Å²) in [5, 5.41) is 0. The van der Waals surface area contributed by atoms with E-state index in [4.69, 9.17) is 0 Å². The summed E-state index contributed by atoms with van der Waals surface area (Å²) in [6, 6.07) is 0.419. The van der Waals surface area contributed by atoms with E-state index in [1.165, 1.54) is 6.92 Å². The number of ether oxygens (including phenoxy) is 2. The van der Waals surface area contributed by atoms with E-state index in [1.54, 1.807) is 0 Å². The quantitative estimate of drug-likeness (QED) is 0.485. The lowest BCUT2D eigenvalue weighted by molar-refractivity contribution is -0.274. The van der Waals surface area contributed by atoms with Crippen LogP contribution in [0.15, 0.2) is 6.07 Å². The molecule has 4 nitrogen and oxygen atoms in total. The van der Waals surface area contributed by atoms with Gasteiger partial charge in [-0.2, -0.15) is 4.39 Å². The first-order chi connectivity index (χ1) is 8.78. The highest BCUT2D eigenvalue weighted by molar-refractivity contribution is 5.90. The van der Waals surface area contributed by atoms with E-state index in [9.17, 15) is 26.7 Å². The van der Waals surface area contributed by atoms with Gasteiger partial charge in [-0.05, 0) is 13.0 Å². The molecule has 1 rings (SSSR count). The number of alkyl halides is 4. The monoisotopic (exact) mass is 285 g/mol. The molecule has 1 aromatic rings. The minimum Gasteiger partial charge on any atom is -0.461 e. The average Bonchev–Trinajstić information content (AvgIpc) is 2.29. The Kier molecular flexibility index (Phi) is 4.62. The third-order valence-corrected chi connectivity index (χ3v) is 1.85. The summed E-state index contributed by atoms with van der Waals surface area (Å²) in [6.45, 7) is -0.150. The molecule has 0 unspecified atom stereocenters. The summed E-state index contributed by atoms with van der Waals surface area (Å²) >= 11 is 0. The molecule has 0 bridgehead atoms. The van der Waals surface area contributed by atoms with Crippen LogP contribution in [0.2, 0.25) is 0 Å². The highest BCUT2D eigenvalue weighted by Gasteiger charge is 2.34. The average molecular weight is 285 g/mol. The van der Waals surface area contributed by atoms with E-state index >= 15 is 0 Å². The Morgan fingerprint density at radius 2 is 2.05 bits per heavy atom. The van der Waals surface area contributed by atoms with Gasteiger partial charge in [-0.1, -0.05) is 0 Å². The second-order valence-corrected chi connectivity index (χ2v) is 3.19. The normalized spacial score (nSPS) is 11.3. The number of esters is 1. The number of hydrogen-bond acceptors (Lipinski definition) is 4. The number of aromatic nitrogens is 1. The first-order valence-corrected chi connectivity index (χ1v) is 4.96. The van der Waals surface area contributed by atoms with Crippen molar-refractivity contribution in [2.24, 2.45) is 0 Å². The molecular weight excluding hydrogens is 277 g/mol. The predicted molar refractivity (Wildman–Crippen MR) is 51.6 cm³/mol. The molecule has 9 heteroatoms. The summed E-state index contributed by atoms with van der Waals surface area (Å²) in [4.78, 5) is 14.3. The Hall–Kier alpha value is -1.93. The smallest absolute Gasteiger partial charge is 0.461 e. The van der Waals surface area contributed by atoms with E-state index in [-0.39, 0.29) is 6.61 Å². The van der Waals surface area contributed by atoms with Crippen LogP contribution in [0.3, 0.4) is 0 Å². The fourth-order valence-corrected chi connectivity index (χ4v) is 1.15. The molecule has 0 spiro atoms. The fraction of sp³-hybridized carbons (Fsp3) is 0.400. The van der Waals surface area contributed by atoms with Crippen LogP contribution in [0.5, 0.6) is 5.75 Å². The van der Waals surface area contributed by atoms with Crippen molar-refractivity contribution >= 4 is 5.97 Å². The standard InChI is InChI=1S/C10H8F5NO3/c1-2-18-9(17)7-6(19-10(13,14)15)3-5(4-11)8(12)16-7/h3H,2,4H2,1H3. The Morgan fingerprint density at radius 3 is 2.53 bits per heavy atom. The van der Waals surface area contributed by atoms with Gasteiger partial charge in [-0.15, -0.1) is 13.2 Å². The third-order valence-electron chi connectivity index (χ3n) is 1.85. The maximum Gasteiger partial charge on any atom is 0.573 e. The van der Waals surface area contributed by atoms with Crippen molar-refractivity contribution < 1.29 is 36.2 Å². The molecule has 0 aliphatic rings. The predicted octanol–water partition coefficient (Wildman–Crippen LogP) is 2.77. The van der Waals surface area contributed by atoms with Crippen LogP contribution in [-0.4, -0.2) is 23.9 Å². The van der Waals surface area contributed by atoms with Crippen molar-refractivity contribution in [2.45, 2.75) is 20.0 Å². The summed E-state index contributed by atoms with van der Waals surface area (Å²) in [6.07, 6.45) is -5.13. The van der Waals surface area contributed by atoms with Gasteiger partial charge in [-0.25, -0.2) is 14.2 Å². The van der Waals surface area contributed by atoms with E-state index < -0.39 is 42.0 Å². The fourth-order valence-electron chi connectivity index (χ4n) is 1.15. The van der Waals surface area contributed by atoms with Crippen LogP contribution in [0.4, 0.5) is 22.0 Å². The number of halogens is 5. The number of nitrogens with zero attached hydrogens (tertiary/aromatic N) is 1. The van der Waals surface area contributed by atoms with Gasteiger partial charge in [0.15, 0.2) is 11.4 Å². The second kappa shape index (κ2) is 5.81. The molecule has 0 aromatic carbocycles. The third kappa shape index (κ3) is 4.04. The van der Waals surface area contributed by atoms with Gasteiger partial charge in [0.2, 0.25) is 5.95 Å². The first kappa shape index (κ1) is 15.1. The molecule has 19 heavy (non-hydrogen) atoms. The van der Waals surface area contributed by atoms with Crippen molar-refractivity contribution in [2.75, 3.05) is 6.61 Å². The highest BCUT2D eigenvalue weighted by atomic mass is 19.4. The van der Waals surface area contributed by atoms with Crippen LogP contribution in [0, 0.1) is 5.95 Å². The molecule has 106 valence electrons. The van der Waals surface area contributed by atoms with Crippen LogP contribution in [-0.2, 0) is 11.4 Å². The topological polar surface area (TPSA) is 48.4 Å². The van der Waals surface area contributed by atoms with Crippen LogP contribution < -0.4 is 4.74 Å². The van der Waals surface area contributed by atoms with Gasteiger partial charge in [0.05, 0.1) is 6.61 Å². The lowest BCUT2D eigenvalue weighted by Gasteiger charge is -2.13. The molecular formula is C10H8F5NO3. The van der Waals surface area contributed by atoms with Gasteiger partial charge < -0.3 is 9.47 Å². The molecule has 0 fully saturated rings. The molecule has 0 saturated carbocycles. The van der Waals surface area contributed by atoms with Crippen molar-refractivity contribution in [3.63, 3.8) is 0 Å². The largest absolute Gasteiger partial charge is 0.573 e. The first-order valence-electron chi connectivity index (χ1n) is 4.96. The molecule has 0 aliphatic carbocycles. The summed E-state index contributed by atoms with van der Waals surface area (Å²) in [5.74, 6) is -3.81. The minimum atomic E-state index is -5.13. The van der Waals surface area contributed by atoms with Crippen LogP contribution in [0.25, 0.3) is 0 Å². The molecule has 1 aromatic heterocycles. The van der Waals surface area contributed by atoms with Crippen molar-refractivity contribution in [1.82, 2.24) is 4.98 Å². The molecule has 0 radical (unpaired) electrons. The minimum absolute atomic E-state index is 0.154. The van der Waals surface area contributed by atoms with Crippen molar-refractivity contribution in [1.29, 1.82) is 0 Å². The number of carbonyl (C=O) groups excluding carboxylic acids is 1. The van der Waals surface area contributed by atoms with Crippen LogP contribution >= 0.6 is 0 Å². The van der Waals surface area contributed by atoms with E-state index in [1.807, 2.05) is 0 Å². The second-order valence-electron chi connectivity index (χ2n) is 3.19. The summed E-state index contributed by atoms with van der Waals surface area (Å²) in [5.41, 5.74) is -1.76. The lowest BCUT2D eigenvalue weighted by atomic mass is 10.2. The molecule has 0 amide bonds. The van der Waals surface area contributed by atoms with E-state index in [0.29, 0.717) is 6.07 Å². The maximum absolute atomic E-state index is 13.2. The maximum atomic E-state index is 13.2. The summed E-state index contributed by atoms with van der Waals surface area (Å²) in [7, 11) is 0. The molecule has 0 N–H and O–H groups in total. The number of rotatable bonds is 4. The van der Waals surface area contributed by atoms with Gasteiger partial charge in [0, 0.05) is 5.56 Å². The number of pyridine rings is 1. The zero-order chi connectivity index (χ0) is 14.6. The zero-order valence-corrected chi connectivity index (χ0v) is 9.55. The van der Waals surface area contributed by atoms with Gasteiger partial charge in [0.25, 0.3) is 0 Å². The van der Waals surface area contributed by atoms with Gasteiger partial charge in [0.1, 0.15) is 6.67 Å². The Balaban J connectivity index is 3.26. The Labute approximate surface area is 104 Å². The van der Waals surface area contributed by atoms with Gasteiger partial charge in [-0.3, -0.25) is 0 Å². The number of hydrogen-bond donors (Lipinski definition) is 0. The molecule has 0 aliphatic heterocycles. The van der Waals surface area contributed by atoms with Crippen molar-refractivity contribution in [3.8, 4) is 5.75 Å². The SMILES string of the molecule is CCOC(=O)c1nc(F)c(CF)cc1OC(F)(F)F. The van der Waals surface area contributed by atoms with E-state index in [2.05, 4.69) is 14.5 Å².